The van der Waals surface area contributed by atoms with E-state index in [9.17, 15) is 14.7 Å². The molecule has 30 heavy (non-hydrogen) atoms. The molecule has 162 valence electrons. The number of para-hydroxylation sites is 1. The third kappa shape index (κ3) is 3.39. The normalized spacial score (nSPS) is 36.7. The quantitative estimate of drug-likeness (QED) is 0.779. The fraction of sp³-hybridized carbons (Fsp3) is 0.667. The van der Waals surface area contributed by atoms with E-state index in [1.807, 2.05) is 24.3 Å². The van der Waals surface area contributed by atoms with Crippen molar-refractivity contribution in [3.63, 3.8) is 0 Å². The molecule has 0 aromatic heterocycles. The lowest BCUT2D eigenvalue weighted by molar-refractivity contribution is -0.160. The number of benzene rings is 1. The maximum atomic E-state index is 13.7. The first kappa shape index (κ1) is 19.9. The first-order valence-electron chi connectivity index (χ1n) is 11.4. The summed E-state index contributed by atoms with van der Waals surface area (Å²) < 4.78 is 5.36. The van der Waals surface area contributed by atoms with Crippen LogP contribution in [-0.2, 0) is 16.1 Å². The summed E-state index contributed by atoms with van der Waals surface area (Å²) in [5, 5.41) is 13.3. The van der Waals surface area contributed by atoms with Crippen molar-refractivity contribution in [1.82, 2.24) is 10.2 Å². The Morgan fingerprint density at radius 1 is 1.10 bits per heavy atom. The fourth-order valence-electron chi connectivity index (χ4n) is 7.11. The van der Waals surface area contributed by atoms with Gasteiger partial charge in [-0.15, -0.1) is 0 Å². The minimum atomic E-state index is -0.634. The molecule has 1 heterocycles. The highest BCUT2D eigenvalue weighted by Gasteiger charge is 2.57. The lowest BCUT2D eigenvalue weighted by Gasteiger charge is -2.56. The number of methoxy groups -OCH3 is 1. The molecule has 5 aliphatic rings. The van der Waals surface area contributed by atoms with Crippen LogP contribution >= 0.6 is 0 Å². The van der Waals surface area contributed by atoms with Crippen LogP contribution in [0.25, 0.3) is 0 Å². The third-order valence-corrected chi connectivity index (χ3v) is 7.98. The molecule has 2 amide bonds. The van der Waals surface area contributed by atoms with Gasteiger partial charge in [0.1, 0.15) is 11.8 Å². The number of β-amino-alcohol motifs (C(OH)–C–C–N with tert-alkyl or cyclic N) is 1. The SMILES string of the molecule is COc1ccccc1CNC(=O)[C@@H]1C[C@@H](O)CN1C(=O)C12CC3CC(CC(C3)C1)C2. The number of rotatable bonds is 5. The van der Waals surface area contributed by atoms with Crippen molar-refractivity contribution < 1.29 is 19.4 Å². The van der Waals surface area contributed by atoms with Crippen LogP contribution in [-0.4, -0.2) is 47.6 Å². The van der Waals surface area contributed by atoms with E-state index in [1.54, 1.807) is 12.0 Å². The highest BCUT2D eigenvalue weighted by atomic mass is 16.5. The molecule has 0 spiro atoms. The Balaban J connectivity index is 1.30. The van der Waals surface area contributed by atoms with Crippen LogP contribution in [0.4, 0.5) is 0 Å². The van der Waals surface area contributed by atoms with Crippen LogP contribution in [0, 0.1) is 23.2 Å². The Hall–Kier alpha value is -2.08. The van der Waals surface area contributed by atoms with Gasteiger partial charge in [-0.05, 0) is 62.3 Å². The molecule has 4 aliphatic carbocycles. The summed E-state index contributed by atoms with van der Waals surface area (Å²) in [7, 11) is 1.61. The van der Waals surface area contributed by atoms with E-state index in [0.29, 0.717) is 30.7 Å². The van der Waals surface area contributed by atoms with Crippen molar-refractivity contribution in [3.8, 4) is 5.75 Å². The summed E-state index contributed by atoms with van der Waals surface area (Å²) in [4.78, 5) is 28.5. The van der Waals surface area contributed by atoms with E-state index < -0.39 is 12.1 Å². The van der Waals surface area contributed by atoms with Gasteiger partial charge in [-0.1, -0.05) is 18.2 Å². The number of hydrogen-bond donors (Lipinski definition) is 2. The zero-order valence-corrected chi connectivity index (χ0v) is 17.7. The predicted molar refractivity (Wildman–Crippen MR) is 112 cm³/mol. The molecule has 0 unspecified atom stereocenters. The summed E-state index contributed by atoms with van der Waals surface area (Å²) in [5.74, 6) is 2.68. The highest BCUT2D eigenvalue weighted by Crippen LogP contribution is 2.60. The van der Waals surface area contributed by atoms with Gasteiger partial charge < -0.3 is 20.1 Å². The molecule has 1 aliphatic heterocycles. The Morgan fingerprint density at radius 3 is 2.37 bits per heavy atom. The van der Waals surface area contributed by atoms with Crippen molar-refractivity contribution in [2.24, 2.45) is 23.2 Å². The largest absolute Gasteiger partial charge is 0.496 e. The topological polar surface area (TPSA) is 78.9 Å². The summed E-state index contributed by atoms with van der Waals surface area (Å²) in [5.41, 5.74) is 0.603. The number of aliphatic hydroxyl groups is 1. The lowest BCUT2D eigenvalue weighted by Crippen LogP contribution is -2.57. The molecule has 0 radical (unpaired) electrons. The van der Waals surface area contributed by atoms with Crippen molar-refractivity contribution in [2.45, 2.75) is 63.6 Å². The molecule has 6 heteroatoms. The first-order valence-corrected chi connectivity index (χ1v) is 11.4. The smallest absolute Gasteiger partial charge is 0.243 e. The van der Waals surface area contributed by atoms with Crippen molar-refractivity contribution in [3.05, 3.63) is 29.8 Å². The Morgan fingerprint density at radius 2 is 1.73 bits per heavy atom. The summed E-state index contributed by atoms with van der Waals surface area (Å²) in [6, 6.07) is 7.00. The Bertz CT molecular complexity index is 803. The lowest BCUT2D eigenvalue weighted by atomic mass is 9.49. The van der Waals surface area contributed by atoms with Crippen LogP contribution in [0.5, 0.6) is 5.75 Å². The second-order valence-electron chi connectivity index (χ2n) is 10.1. The van der Waals surface area contributed by atoms with Crippen LogP contribution < -0.4 is 10.1 Å². The van der Waals surface area contributed by atoms with E-state index in [1.165, 1.54) is 19.3 Å². The minimum absolute atomic E-state index is 0.121. The third-order valence-electron chi connectivity index (χ3n) is 7.98. The minimum Gasteiger partial charge on any atom is -0.496 e. The van der Waals surface area contributed by atoms with Crippen molar-refractivity contribution in [2.75, 3.05) is 13.7 Å². The van der Waals surface area contributed by atoms with E-state index in [2.05, 4.69) is 5.32 Å². The Labute approximate surface area is 178 Å². The molecule has 6 rings (SSSR count). The number of nitrogens with zero attached hydrogens (tertiary/aromatic N) is 1. The summed E-state index contributed by atoms with van der Waals surface area (Å²) in [6.07, 6.45) is 6.42. The van der Waals surface area contributed by atoms with E-state index in [0.717, 1.165) is 30.6 Å². The monoisotopic (exact) mass is 412 g/mol. The standard InChI is InChI=1S/C24H32N2O4/c1-30-21-5-3-2-4-18(21)13-25-22(28)20-9-19(27)14-26(20)23(29)24-10-15-6-16(11-24)8-17(7-15)12-24/h2-5,15-17,19-20,27H,6-14H2,1H3,(H,25,28)/t15?,16?,17?,19-,20+,24?/m1/s1. The van der Waals surface area contributed by atoms with Gasteiger partial charge in [0.2, 0.25) is 11.8 Å². The van der Waals surface area contributed by atoms with Gasteiger partial charge in [0.15, 0.2) is 0 Å². The summed E-state index contributed by atoms with van der Waals surface area (Å²) >= 11 is 0. The van der Waals surface area contributed by atoms with Crippen molar-refractivity contribution >= 4 is 11.8 Å². The Kier molecular flexibility index (Phi) is 5.00. The van der Waals surface area contributed by atoms with E-state index in [4.69, 9.17) is 4.74 Å². The summed E-state index contributed by atoms with van der Waals surface area (Å²) in [6.45, 7) is 0.613. The zero-order chi connectivity index (χ0) is 20.9. The van der Waals surface area contributed by atoms with Gasteiger partial charge in [0.05, 0.1) is 18.6 Å². The zero-order valence-electron chi connectivity index (χ0n) is 17.7. The molecular formula is C24H32N2O4. The van der Waals surface area contributed by atoms with Crippen molar-refractivity contribution in [1.29, 1.82) is 0 Å². The number of carbonyl (C=O) groups excluding carboxylic acids is 2. The van der Waals surface area contributed by atoms with Gasteiger partial charge in [-0.2, -0.15) is 0 Å². The average molecular weight is 413 g/mol. The second kappa shape index (κ2) is 7.56. The average Bonchev–Trinajstić information content (AvgIpc) is 3.12. The molecule has 4 saturated carbocycles. The van der Waals surface area contributed by atoms with Gasteiger partial charge in [0.25, 0.3) is 0 Å². The van der Waals surface area contributed by atoms with Crippen LogP contribution in [0.2, 0.25) is 0 Å². The maximum absolute atomic E-state index is 13.7. The van der Waals surface area contributed by atoms with Gasteiger partial charge >= 0.3 is 0 Å². The predicted octanol–water partition coefficient (Wildman–Crippen LogP) is 2.49. The highest BCUT2D eigenvalue weighted by molar-refractivity contribution is 5.91. The second-order valence-corrected chi connectivity index (χ2v) is 10.1. The number of carbonyl (C=O) groups is 2. The molecular weight excluding hydrogens is 380 g/mol. The molecule has 5 fully saturated rings. The van der Waals surface area contributed by atoms with Gasteiger partial charge in [-0.3, -0.25) is 9.59 Å². The van der Waals surface area contributed by atoms with Gasteiger partial charge in [0, 0.05) is 25.1 Å². The van der Waals surface area contributed by atoms with Crippen LogP contribution in [0.15, 0.2) is 24.3 Å². The number of amides is 2. The van der Waals surface area contributed by atoms with Crippen LogP contribution in [0.1, 0.15) is 50.5 Å². The number of ether oxygens (including phenoxy) is 1. The van der Waals surface area contributed by atoms with Gasteiger partial charge in [-0.25, -0.2) is 0 Å². The van der Waals surface area contributed by atoms with E-state index in [-0.39, 0.29) is 23.8 Å². The molecule has 4 bridgehead atoms. The molecule has 6 nitrogen and oxygen atoms in total. The maximum Gasteiger partial charge on any atom is 0.243 e. The molecule has 1 aromatic carbocycles. The number of likely N-dealkylation sites (tertiary alicyclic amines) is 1. The van der Waals surface area contributed by atoms with Crippen LogP contribution in [0.3, 0.4) is 0 Å². The molecule has 1 saturated heterocycles. The number of hydrogen-bond acceptors (Lipinski definition) is 4. The van der Waals surface area contributed by atoms with E-state index >= 15 is 0 Å². The first-order chi connectivity index (χ1) is 14.5. The molecule has 2 atom stereocenters. The number of aliphatic hydroxyl groups excluding tert-OH is 1. The fourth-order valence-corrected chi connectivity index (χ4v) is 7.11. The number of nitrogens with one attached hydrogen (secondary N) is 1. The molecule has 2 N–H and O–H groups in total. The molecule has 1 aromatic rings.